The van der Waals surface area contributed by atoms with Gasteiger partial charge in [-0.15, -0.1) is 6.42 Å². The van der Waals surface area contributed by atoms with E-state index < -0.39 is 10.0 Å². The Hall–Kier alpha value is -1.63. The molecule has 0 aromatic carbocycles. The van der Waals surface area contributed by atoms with Crippen LogP contribution in [0.5, 0.6) is 0 Å². The zero-order valence-electron chi connectivity index (χ0n) is 14.2. The summed E-state index contributed by atoms with van der Waals surface area (Å²) in [6.45, 7) is 1.44. The van der Waals surface area contributed by atoms with Gasteiger partial charge in [-0.05, 0) is 26.2 Å². The van der Waals surface area contributed by atoms with Crippen molar-refractivity contribution in [1.29, 1.82) is 0 Å². The molecule has 0 aliphatic carbocycles. The van der Waals surface area contributed by atoms with Gasteiger partial charge in [0, 0.05) is 5.75 Å². The lowest BCUT2D eigenvalue weighted by atomic mass is 10.4. The van der Waals surface area contributed by atoms with E-state index in [1.807, 2.05) is 31.1 Å². The number of hydrogen-bond donors (Lipinski definition) is 2. The van der Waals surface area contributed by atoms with E-state index in [1.165, 1.54) is 0 Å². The molecule has 0 unspecified atom stereocenters. The van der Waals surface area contributed by atoms with Crippen LogP contribution in [0.1, 0.15) is 11.5 Å². The van der Waals surface area contributed by atoms with Crippen LogP contribution < -0.4 is 10.0 Å². The predicted molar refractivity (Wildman–Crippen MR) is 99.4 cm³/mol. The van der Waals surface area contributed by atoms with Crippen molar-refractivity contribution in [2.24, 2.45) is 4.99 Å². The minimum atomic E-state index is -3.38. The van der Waals surface area contributed by atoms with E-state index in [4.69, 9.17) is 10.8 Å². The van der Waals surface area contributed by atoms with Crippen molar-refractivity contribution in [3.05, 3.63) is 23.7 Å². The van der Waals surface area contributed by atoms with Crippen LogP contribution in [0.3, 0.4) is 0 Å². The fraction of sp³-hybridized carbons (Fsp3) is 0.533. The number of sulfonamides is 1. The van der Waals surface area contributed by atoms with Gasteiger partial charge in [0.2, 0.25) is 16.0 Å². The first-order chi connectivity index (χ1) is 11.3. The highest BCUT2D eigenvalue weighted by Crippen LogP contribution is 2.16. The Kier molecular flexibility index (Phi) is 8.74. The Labute approximate surface area is 148 Å². The van der Waals surface area contributed by atoms with E-state index >= 15 is 0 Å². The molecule has 0 atom stereocenters. The number of nitrogens with zero attached hydrogens (tertiary/aromatic N) is 2. The minimum Gasteiger partial charge on any atom is -0.464 e. The number of guanidine groups is 1. The van der Waals surface area contributed by atoms with Crippen LogP contribution in [0.2, 0.25) is 0 Å². The van der Waals surface area contributed by atoms with Crippen LogP contribution in [-0.4, -0.2) is 58.5 Å². The normalized spacial score (nSPS) is 12.2. The largest absolute Gasteiger partial charge is 0.464 e. The van der Waals surface area contributed by atoms with E-state index in [-0.39, 0.29) is 12.5 Å². The van der Waals surface area contributed by atoms with Crippen molar-refractivity contribution < 1.29 is 12.8 Å². The van der Waals surface area contributed by atoms with Crippen molar-refractivity contribution >= 4 is 27.7 Å². The average molecular weight is 373 g/mol. The Morgan fingerprint density at radius 1 is 1.42 bits per heavy atom. The van der Waals surface area contributed by atoms with Gasteiger partial charge in [0.1, 0.15) is 11.5 Å². The molecule has 2 N–H and O–H groups in total. The van der Waals surface area contributed by atoms with Crippen LogP contribution in [-0.2, 0) is 22.3 Å². The molecule has 0 radical (unpaired) electrons. The molecule has 0 spiro atoms. The number of nitrogens with one attached hydrogen (secondary N) is 2. The summed E-state index contributed by atoms with van der Waals surface area (Å²) < 4.78 is 30.5. The smallest absolute Gasteiger partial charge is 0.232 e. The number of terminal acetylenes is 1. The molecule has 24 heavy (non-hydrogen) atoms. The average Bonchev–Trinajstić information content (AvgIpc) is 2.89. The Morgan fingerprint density at radius 3 is 2.75 bits per heavy atom. The second kappa shape index (κ2) is 10.3. The summed E-state index contributed by atoms with van der Waals surface area (Å²) in [6.07, 6.45) is 6.22. The van der Waals surface area contributed by atoms with Gasteiger partial charge < -0.3 is 14.6 Å². The molecule has 134 valence electrons. The third-order valence-electron chi connectivity index (χ3n) is 2.58. The summed E-state index contributed by atoms with van der Waals surface area (Å²) in [5.74, 6) is 5.88. The lowest BCUT2D eigenvalue weighted by molar-refractivity contribution is 0.344. The van der Waals surface area contributed by atoms with Crippen LogP contribution in [0.25, 0.3) is 0 Å². The van der Waals surface area contributed by atoms with Gasteiger partial charge in [-0.3, -0.25) is 9.71 Å². The van der Waals surface area contributed by atoms with Gasteiger partial charge in [-0.2, -0.15) is 11.8 Å². The van der Waals surface area contributed by atoms with Gasteiger partial charge in [0.15, 0.2) is 0 Å². The molecule has 1 aromatic heterocycles. The highest BCUT2D eigenvalue weighted by Gasteiger charge is 2.06. The maximum atomic E-state index is 11.3. The number of hydrogen-bond acceptors (Lipinski definition) is 6. The molecular formula is C15H24N4O3S2. The number of aliphatic imine (C=N–C) groups is 1. The second-order valence-corrected chi connectivity index (χ2v) is 8.17. The van der Waals surface area contributed by atoms with E-state index in [1.54, 1.807) is 11.8 Å². The Balaban J connectivity index is 2.38. The van der Waals surface area contributed by atoms with Crippen molar-refractivity contribution in [1.82, 2.24) is 14.9 Å². The summed E-state index contributed by atoms with van der Waals surface area (Å²) in [5, 5.41) is 2.75. The predicted octanol–water partition coefficient (Wildman–Crippen LogP) is 0.702. The number of thioether (sulfide) groups is 1. The van der Waals surface area contributed by atoms with E-state index in [2.05, 4.69) is 21.0 Å². The van der Waals surface area contributed by atoms with Gasteiger partial charge in [0.25, 0.3) is 0 Å². The van der Waals surface area contributed by atoms with Crippen LogP contribution >= 0.6 is 11.8 Å². The molecule has 9 heteroatoms. The lowest BCUT2D eigenvalue weighted by Gasteiger charge is -2.08. The minimum absolute atomic E-state index is 0.169. The first-order valence-electron chi connectivity index (χ1n) is 7.30. The second-order valence-electron chi connectivity index (χ2n) is 5.32. The summed E-state index contributed by atoms with van der Waals surface area (Å²) in [5.41, 5.74) is 0. The Bertz CT molecular complexity index is 675. The first-order valence-corrected chi connectivity index (χ1v) is 10.3. The van der Waals surface area contributed by atoms with Crippen LogP contribution in [0.15, 0.2) is 21.5 Å². The van der Waals surface area contributed by atoms with E-state index in [0.29, 0.717) is 6.54 Å². The van der Waals surface area contributed by atoms with E-state index in [0.717, 1.165) is 35.8 Å². The summed E-state index contributed by atoms with van der Waals surface area (Å²) in [4.78, 5) is 6.23. The van der Waals surface area contributed by atoms with Crippen molar-refractivity contribution in [3.8, 4) is 12.3 Å². The Morgan fingerprint density at radius 2 is 2.12 bits per heavy atom. The maximum absolute atomic E-state index is 11.3. The maximum Gasteiger partial charge on any atom is 0.232 e. The first kappa shape index (κ1) is 20.4. The van der Waals surface area contributed by atoms with Gasteiger partial charge in [-0.25, -0.2) is 8.42 Å². The highest BCUT2D eigenvalue weighted by atomic mass is 32.2. The monoisotopic (exact) mass is 372 g/mol. The number of rotatable bonds is 9. The molecule has 0 aliphatic heterocycles. The molecule has 1 heterocycles. The van der Waals surface area contributed by atoms with Gasteiger partial charge >= 0.3 is 0 Å². The van der Waals surface area contributed by atoms with Gasteiger partial charge in [0.05, 0.1) is 31.6 Å². The lowest BCUT2D eigenvalue weighted by Crippen LogP contribution is -2.40. The highest BCUT2D eigenvalue weighted by molar-refractivity contribution is 7.98. The van der Waals surface area contributed by atoms with Crippen molar-refractivity contribution in [2.45, 2.75) is 12.3 Å². The zero-order valence-corrected chi connectivity index (χ0v) is 15.8. The summed E-state index contributed by atoms with van der Waals surface area (Å²) >= 11 is 1.66. The number of furan rings is 1. The van der Waals surface area contributed by atoms with Crippen LogP contribution in [0.4, 0.5) is 0 Å². The third-order valence-corrected chi connectivity index (χ3v) is 4.10. The molecule has 0 aliphatic rings. The summed E-state index contributed by atoms with van der Waals surface area (Å²) in [7, 11) is 0.598. The quantitative estimate of drug-likeness (QED) is 0.287. The molecule has 0 bridgehead atoms. The van der Waals surface area contributed by atoms with E-state index in [9.17, 15) is 8.42 Å². The fourth-order valence-electron chi connectivity index (χ4n) is 1.73. The molecule has 0 fully saturated rings. The molecule has 0 amide bonds. The van der Waals surface area contributed by atoms with Gasteiger partial charge in [-0.1, -0.05) is 5.92 Å². The SMILES string of the molecule is C#CCNC(=NCCSCc1ccc(CN(C)C)o1)NS(C)(=O)=O. The molecule has 7 nitrogen and oxygen atoms in total. The molecule has 0 saturated carbocycles. The molecule has 1 rings (SSSR count). The standard InChI is InChI=1S/C15H24N4O3S2/c1-5-8-16-15(18-24(4,20)21)17-9-10-23-12-14-7-6-13(22-14)11-19(2)3/h1,6-7H,8-12H2,2-4H3,(H2,16,17,18). The van der Waals surface area contributed by atoms with Crippen LogP contribution in [0, 0.1) is 12.3 Å². The molecule has 0 saturated heterocycles. The molecule has 1 aromatic rings. The third kappa shape index (κ3) is 9.50. The topological polar surface area (TPSA) is 86.9 Å². The van der Waals surface area contributed by atoms with Crippen molar-refractivity contribution in [3.63, 3.8) is 0 Å². The fourth-order valence-corrected chi connectivity index (χ4v) is 2.93. The zero-order chi connectivity index (χ0) is 18.0. The van der Waals surface area contributed by atoms with Crippen molar-refractivity contribution in [2.75, 3.05) is 39.2 Å². The molecular weight excluding hydrogens is 348 g/mol. The summed E-state index contributed by atoms with van der Waals surface area (Å²) in [6, 6.07) is 3.95.